The van der Waals surface area contributed by atoms with E-state index in [1.807, 2.05) is 6.07 Å². The van der Waals surface area contributed by atoms with Crippen LogP contribution in [-0.2, 0) is 4.79 Å². The highest BCUT2D eigenvalue weighted by molar-refractivity contribution is 9.10. The molecule has 2 nitrogen and oxygen atoms in total. The maximum atomic E-state index is 13.2. The van der Waals surface area contributed by atoms with E-state index in [4.69, 9.17) is 0 Å². The molecule has 4 heteroatoms. The summed E-state index contributed by atoms with van der Waals surface area (Å²) in [6, 6.07) is 4.82. The van der Waals surface area contributed by atoms with Crippen LogP contribution >= 0.6 is 15.9 Å². The molecule has 1 aliphatic rings. The van der Waals surface area contributed by atoms with Crippen LogP contribution in [-0.4, -0.2) is 5.91 Å². The second-order valence-corrected chi connectivity index (χ2v) is 4.09. The van der Waals surface area contributed by atoms with Gasteiger partial charge in [0.1, 0.15) is 5.82 Å². The van der Waals surface area contributed by atoms with E-state index in [2.05, 4.69) is 21.2 Å². The Hall–Kier alpha value is -0.900. The lowest BCUT2D eigenvalue weighted by molar-refractivity contribution is -0.119. The lowest BCUT2D eigenvalue weighted by Crippen LogP contribution is -2.18. The number of hydrogen-bond acceptors (Lipinski definition) is 1. The van der Waals surface area contributed by atoms with Gasteiger partial charge in [-0.15, -0.1) is 0 Å². The summed E-state index contributed by atoms with van der Waals surface area (Å²) in [5, 5.41) is 2.80. The number of halogens is 2. The number of rotatable bonds is 1. The molecule has 0 unspecified atom stereocenters. The average molecular weight is 258 g/mol. The van der Waals surface area contributed by atoms with Gasteiger partial charge in [-0.25, -0.2) is 4.39 Å². The summed E-state index contributed by atoms with van der Waals surface area (Å²) in [5.41, 5.74) is 0.816. The quantitative estimate of drug-likeness (QED) is 0.824. The first-order valence-electron chi connectivity index (χ1n) is 4.42. The highest BCUT2D eigenvalue weighted by atomic mass is 79.9. The number of hydrogen-bond donors (Lipinski definition) is 1. The maximum Gasteiger partial charge on any atom is 0.220 e. The minimum atomic E-state index is -0.288. The molecule has 1 aromatic carbocycles. The first-order chi connectivity index (χ1) is 6.68. The second kappa shape index (κ2) is 3.69. The van der Waals surface area contributed by atoms with Gasteiger partial charge in [0.25, 0.3) is 0 Å². The zero-order valence-electron chi connectivity index (χ0n) is 7.39. The molecule has 0 radical (unpaired) electrons. The summed E-state index contributed by atoms with van der Waals surface area (Å²) in [7, 11) is 0. The van der Waals surface area contributed by atoms with Gasteiger partial charge in [0.2, 0.25) is 5.91 Å². The highest BCUT2D eigenvalue weighted by Gasteiger charge is 2.24. The smallest absolute Gasteiger partial charge is 0.220 e. The van der Waals surface area contributed by atoms with Crippen LogP contribution in [0.1, 0.15) is 24.4 Å². The Balaban J connectivity index is 2.32. The second-order valence-electron chi connectivity index (χ2n) is 3.30. The Morgan fingerprint density at radius 3 is 2.93 bits per heavy atom. The Morgan fingerprint density at radius 2 is 2.29 bits per heavy atom. The van der Waals surface area contributed by atoms with Gasteiger partial charge in [0.05, 0.1) is 10.5 Å². The Labute approximate surface area is 89.6 Å². The molecule has 0 spiro atoms. The SMILES string of the molecule is O=C1CC[C@H](c2cccc(F)c2Br)N1. The molecule has 74 valence electrons. The van der Waals surface area contributed by atoms with E-state index in [1.165, 1.54) is 6.07 Å². The first-order valence-corrected chi connectivity index (χ1v) is 5.21. The summed E-state index contributed by atoms with van der Waals surface area (Å²) >= 11 is 3.18. The summed E-state index contributed by atoms with van der Waals surface area (Å²) < 4.78 is 13.6. The molecule has 0 aromatic heterocycles. The molecule has 1 amide bonds. The Morgan fingerprint density at radius 1 is 1.50 bits per heavy atom. The van der Waals surface area contributed by atoms with Gasteiger partial charge in [-0.2, -0.15) is 0 Å². The van der Waals surface area contributed by atoms with Gasteiger partial charge >= 0.3 is 0 Å². The van der Waals surface area contributed by atoms with E-state index in [-0.39, 0.29) is 17.8 Å². The van der Waals surface area contributed by atoms with E-state index in [0.29, 0.717) is 10.9 Å². The molecule has 1 heterocycles. The molecule has 0 saturated carbocycles. The lowest BCUT2D eigenvalue weighted by Gasteiger charge is -2.12. The van der Waals surface area contributed by atoms with Crippen molar-refractivity contribution in [1.82, 2.24) is 5.32 Å². The number of nitrogens with one attached hydrogen (secondary N) is 1. The molecule has 1 aromatic rings. The van der Waals surface area contributed by atoms with E-state index >= 15 is 0 Å². The van der Waals surface area contributed by atoms with E-state index in [0.717, 1.165) is 12.0 Å². The summed E-state index contributed by atoms with van der Waals surface area (Å²) in [6.45, 7) is 0. The standard InChI is InChI=1S/C10H9BrFNO/c11-10-6(2-1-3-7(10)12)8-4-5-9(14)13-8/h1-3,8H,4-5H2,(H,13,14)/t8-/m1/s1. The van der Waals surface area contributed by atoms with Crippen molar-refractivity contribution in [3.8, 4) is 0 Å². The van der Waals surface area contributed by atoms with Gasteiger partial charge in [0.15, 0.2) is 0 Å². The third-order valence-corrected chi connectivity index (χ3v) is 3.19. The largest absolute Gasteiger partial charge is 0.349 e. The van der Waals surface area contributed by atoms with Crippen LogP contribution in [0.3, 0.4) is 0 Å². The van der Waals surface area contributed by atoms with Crippen LogP contribution < -0.4 is 5.32 Å². The van der Waals surface area contributed by atoms with Crippen molar-refractivity contribution in [2.75, 3.05) is 0 Å². The van der Waals surface area contributed by atoms with Crippen molar-refractivity contribution in [1.29, 1.82) is 0 Å². The molecule has 1 atom stereocenters. The molecule has 14 heavy (non-hydrogen) atoms. The highest BCUT2D eigenvalue weighted by Crippen LogP contribution is 2.31. The molecule has 1 N–H and O–H groups in total. The van der Waals surface area contributed by atoms with Crippen molar-refractivity contribution in [3.63, 3.8) is 0 Å². The fourth-order valence-corrected chi connectivity index (χ4v) is 2.18. The number of benzene rings is 1. The summed E-state index contributed by atoms with van der Waals surface area (Å²) in [5.74, 6) is -0.255. The zero-order valence-corrected chi connectivity index (χ0v) is 8.97. The monoisotopic (exact) mass is 257 g/mol. The van der Waals surface area contributed by atoms with Gasteiger partial charge in [-0.3, -0.25) is 4.79 Å². The lowest BCUT2D eigenvalue weighted by atomic mass is 10.1. The van der Waals surface area contributed by atoms with Crippen LogP contribution in [0.4, 0.5) is 4.39 Å². The van der Waals surface area contributed by atoms with E-state index in [9.17, 15) is 9.18 Å². The van der Waals surface area contributed by atoms with E-state index in [1.54, 1.807) is 6.07 Å². The molecular formula is C10H9BrFNO. The van der Waals surface area contributed by atoms with Crippen molar-refractivity contribution in [2.45, 2.75) is 18.9 Å². The van der Waals surface area contributed by atoms with Gasteiger partial charge in [0, 0.05) is 6.42 Å². The average Bonchev–Trinajstić information content (AvgIpc) is 2.57. The first kappa shape index (κ1) is 9.65. The Kier molecular flexibility index (Phi) is 2.54. The molecule has 0 aliphatic carbocycles. The third-order valence-electron chi connectivity index (χ3n) is 2.35. The van der Waals surface area contributed by atoms with Crippen LogP contribution in [0.5, 0.6) is 0 Å². The maximum absolute atomic E-state index is 13.2. The summed E-state index contributed by atoms with van der Waals surface area (Å²) in [4.78, 5) is 11.0. The predicted octanol–water partition coefficient (Wildman–Crippen LogP) is 2.54. The van der Waals surface area contributed by atoms with Crippen molar-refractivity contribution >= 4 is 21.8 Å². The predicted molar refractivity (Wildman–Crippen MR) is 54.2 cm³/mol. The summed E-state index contributed by atoms with van der Waals surface area (Å²) in [6.07, 6.45) is 1.26. The molecule has 2 rings (SSSR count). The minimum absolute atomic E-state index is 0.0335. The molecule has 0 bridgehead atoms. The van der Waals surface area contributed by atoms with Crippen LogP contribution in [0.25, 0.3) is 0 Å². The molecule has 1 aliphatic heterocycles. The van der Waals surface area contributed by atoms with Crippen molar-refractivity contribution in [3.05, 3.63) is 34.1 Å². The van der Waals surface area contributed by atoms with Crippen molar-refractivity contribution < 1.29 is 9.18 Å². The van der Waals surface area contributed by atoms with Gasteiger partial charge in [-0.05, 0) is 34.0 Å². The fourth-order valence-electron chi connectivity index (χ4n) is 1.64. The number of carbonyl (C=O) groups is 1. The number of carbonyl (C=O) groups excluding carboxylic acids is 1. The van der Waals surface area contributed by atoms with Gasteiger partial charge < -0.3 is 5.32 Å². The van der Waals surface area contributed by atoms with Gasteiger partial charge in [-0.1, -0.05) is 12.1 Å². The topological polar surface area (TPSA) is 29.1 Å². The third kappa shape index (κ3) is 1.66. The fraction of sp³-hybridized carbons (Fsp3) is 0.300. The molecule has 1 fully saturated rings. The van der Waals surface area contributed by atoms with E-state index < -0.39 is 0 Å². The molecular weight excluding hydrogens is 249 g/mol. The normalized spacial score (nSPS) is 21.0. The Bertz CT molecular complexity index is 380. The zero-order chi connectivity index (χ0) is 10.1. The minimum Gasteiger partial charge on any atom is -0.349 e. The molecule has 1 saturated heterocycles. The number of amides is 1. The van der Waals surface area contributed by atoms with Crippen LogP contribution in [0.2, 0.25) is 0 Å². The van der Waals surface area contributed by atoms with Crippen LogP contribution in [0, 0.1) is 5.82 Å². The van der Waals surface area contributed by atoms with Crippen molar-refractivity contribution in [2.24, 2.45) is 0 Å². The van der Waals surface area contributed by atoms with Crippen LogP contribution in [0.15, 0.2) is 22.7 Å².